The van der Waals surface area contributed by atoms with Crippen molar-refractivity contribution in [2.75, 3.05) is 45.8 Å². The van der Waals surface area contributed by atoms with E-state index in [1.54, 1.807) is 0 Å². The third-order valence-electron chi connectivity index (χ3n) is 6.66. The highest BCUT2D eigenvalue weighted by Crippen LogP contribution is 2.34. The van der Waals surface area contributed by atoms with E-state index in [2.05, 4.69) is 52.0 Å². The van der Waals surface area contributed by atoms with Crippen LogP contribution in [0.1, 0.15) is 31.7 Å². The summed E-state index contributed by atoms with van der Waals surface area (Å²) in [5.74, 6) is 1.00. The van der Waals surface area contributed by atoms with Crippen LogP contribution >= 0.6 is 0 Å². The molecular weight excluding hydrogens is 308 g/mol. The molecule has 1 saturated carbocycles. The molecule has 1 aromatic carbocycles. The van der Waals surface area contributed by atoms with Gasteiger partial charge in [0.05, 0.1) is 0 Å². The number of hydrogen-bond donors (Lipinski definition) is 1. The average molecular weight is 343 g/mol. The second kappa shape index (κ2) is 7.36. The van der Waals surface area contributed by atoms with Crippen molar-refractivity contribution in [1.29, 1.82) is 0 Å². The fourth-order valence-corrected chi connectivity index (χ4v) is 4.88. The molecule has 0 radical (unpaired) electrons. The highest BCUT2D eigenvalue weighted by Gasteiger charge is 2.46. The Morgan fingerprint density at radius 3 is 2.44 bits per heavy atom. The van der Waals surface area contributed by atoms with Gasteiger partial charge in [0, 0.05) is 63.9 Å². The van der Waals surface area contributed by atoms with Gasteiger partial charge in [0.2, 0.25) is 0 Å². The SMILES string of the molecule is CC1CC(CN)(N2CCN(CC3CC3)CC2)CN1Cc1ccccc1. The zero-order valence-electron chi connectivity index (χ0n) is 15.7. The monoisotopic (exact) mass is 342 g/mol. The van der Waals surface area contributed by atoms with Crippen molar-refractivity contribution in [3.05, 3.63) is 35.9 Å². The fraction of sp³-hybridized carbons (Fsp3) is 0.714. The number of nitrogens with two attached hydrogens (primary N) is 1. The van der Waals surface area contributed by atoms with E-state index < -0.39 is 0 Å². The van der Waals surface area contributed by atoms with E-state index in [9.17, 15) is 0 Å². The summed E-state index contributed by atoms with van der Waals surface area (Å²) < 4.78 is 0. The Kier molecular flexibility index (Phi) is 5.14. The van der Waals surface area contributed by atoms with Crippen LogP contribution in [0.5, 0.6) is 0 Å². The molecule has 1 aromatic rings. The minimum atomic E-state index is 0.180. The molecule has 0 amide bonds. The van der Waals surface area contributed by atoms with E-state index in [1.807, 2.05) is 0 Å². The number of likely N-dealkylation sites (tertiary alicyclic amines) is 1. The smallest absolute Gasteiger partial charge is 0.0474 e. The first-order valence-electron chi connectivity index (χ1n) is 10.1. The van der Waals surface area contributed by atoms with Crippen LogP contribution in [0.2, 0.25) is 0 Å². The zero-order valence-corrected chi connectivity index (χ0v) is 15.7. The molecule has 4 rings (SSSR count). The molecule has 1 aliphatic carbocycles. The molecule has 2 saturated heterocycles. The molecule has 3 aliphatic rings. The number of rotatable bonds is 6. The molecule has 3 fully saturated rings. The summed E-state index contributed by atoms with van der Waals surface area (Å²) in [7, 11) is 0. The largest absolute Gasteiger partial charge is 0.329 e. The predicted molar refractivity (Wildman–Crippen MR) is 103 cm³/mol. The number of nitrogens with zero attached hydrogens (tertiary/aromatic N) is 3. The van der Waals surface area contributed by atoms with Crippen molar-refractivity contribution in [3.63, 3.8) is 0 Å². The van der Waals surface area contributed by atoms with Crippen molar-refractivity contribution >= 4 is 0 Å². The van der Waals surface area contributed by atoms with Crippen molar-refractivity contribution in [1.82, 2.24) is 14.7 Å². The summed E-state index contributed by atoms with van der Waals surface area (Å²) in [6.45, 7) is 11.5. The van der Waals surface area contributed by atoms with Gasteiger partial charge < -0.3 is 10.6 Å². The van der Waals surface area contributed by atoms with Crippen molar-refractivity contribution in [2.45, 2.75) is 44.3 Å². The molecule has 2 atom stereocenters. The third kappa shape index (κ3) is 3.92. The lowest BCUT2D eigenvalue weighted by atomic mass is 9.93. The zero-order chi connectivity index (χ0) is 17.3. The Morgan fingerprint density at radius 2 is 1.80 bits per heavy atom. The van der Waals surface area contributed by atoms with Gasteiger partial charge >= 0.3 is 0 Å². The average Bonchev–Trinajstić information content (AvgIpc) is 3.40. The van der Waals surface area contributed by atoms with Crippen molar-refractivity contribution in [2.24, 2.45) is 11.7 Å². The summed E-state index contributed by atoms with van der Waals surface area (Å²) in [6, 6.07) is 11.5. The molecule has 0 spiro atoms. The molecule has 0 aromatic heterocycles. The first kappa shape index (κ1) is 17.5. The summed E-state index contributed by atoms with van der Waals surface area (Å²) in [5, 5.41) is 0. The summed E-state index contributed by atoms with van der Waals surface area (Å²) in [6.07, 6.45) is 4.12. The summed E-state index contributed by atoms with van der Waals surface area (Å²) in [4.78, 5) is 8.04. The quantitative estimate of drug-likeness (QED) is 0.858. The van der Waals surface area contributed by atoms with Crippen LogP contribution in [-0.2, 0) is 6.54 Å². The van der Waals surface area contributed by atoms with Crippen molar-refractivity contribution < 1.29 is 0 Å². The maximum absolute atomic E-state index is 6.36. The van der Waals surface area contributed by atoms with Gasteiger partial charge in [-0.15, -0.1) is 0 Å². The van der Waals surface area contributed by atoms with Gasteiger partial charge in [0.25, 0.3) is 0 Å². The molecule has 2 heterocycles. The summed E-state index contributed by atoms with van der Waals surface area (Å²) in [5.41, 5.74) is 7.95. The van der Waals surface area contributed by atoms with Crippen molar-refractivity contribution in [3.8, 4) is 0 Å². The highest BCUT2D eigenvalue weighted by molar-refractivity contribution is 5.16. The molecular formula is C21H34N4. The van der Waals surface area contributed by atoms with E-state index in [-0.39, 0.29) is 5.54 Å². The van der Waals surface area contributed by atoms with Crippen LogP contribution in [0.15, 0.2) is 30.3 Å². The van der Waals surface area contributed by atoms with E-state index in [1.165, 1.54) is 57.5 Å². The third-order valence-corrected chi connectivity index (χ3v) is 6.66. The second-order valence-corrected chi connectivity index (χ2v) is 8.60. The molecule has 138 valence electrons. The topological polar surface area (TPSA) is 35.7 Å². The van der Waals surface area contributed by atoms with Crippen LogP contribution in [0, 0.1) is 5.92 Å². The number of piperazine rings is 1. The van der Waals surface area contributed by atoms with Crippen LogP contribution < -0.4 is 5.73 Å². The van der Waals surface area contributed by atoms with Gasteiger partial charge in [0.15, 0.2) is 0 Å². The van der Waals surface area contributed by atoms with Gasteiger partial charge in [-0.25, -0.2) is 0 Å². The maximum atomic E-state index is 6.36. The Morgan fingerprint density at radius 1 is 1.08 bits per heavy atom. The van der Waals surface area contributed by atoms with Gasteiger partial charge in [-0.2, -0.15) is 0 Å². The Balaban J connectivity index is 1.37. The van der Waals surface area contributed by atoms with Crippen LogP contribution in [0.25, 0.3) is 0 Å². The fourth-order valence-electron chi connectivity index (χ4n) is 4.88. The molecule has 2 aliphatic heterocycles. The lowest BCUT2D eigenvalue weighted by Crippen LogP contribution is -2.61. The highest BCUT2D eigenvalue weighted by atomic mass is 15.4. The van der Waals surface area contributed by atoms with Gasteiger partial charge in [-0.3, -0.25) is 9.80 Å². The Labute approximate surface area is 153 Å². The molecule has 25 heavy (non-hydrogen) atoms. The Bertz CT molecular complexity index is 550. The molecule has 0 bridgehead atoms. The van der Waals surface area contributed by atoms with Gasteiger partial charge in [-0.05, 0) is 37.7 Å². The van der Waals surface area contributed by atoms with Gasteiger partial charge in [-0.1, -0.05) is 30.3 Å². The van der Waals surface area contributed by atoms with E-state index in [0.29, 0.717) is 6.04 Å². The predicted octanol–water partition coefficient (Wildman–Crippen LogP) is 2.01. The van der Waals surface area contributed by atoms with E-state index >= 15 is 0 Å². The minimum Gasteiger partial charge on any atom is -0.329 e. The van der Waals surface area contributed by atoms with E-state index in [0.717, 1.165) is 25.6 Å². The number of benzene rings is 1. The second-order valence-electron chi connectivity index (χ2n) is 8.60. The van der Waals surface area contributed by atoms with Crippen LogP contribution in [-0.4, -0.2) is 72.1 Å². The first-order valence-corrected chi connectivity index (χ1v) is 10.1. The lowest BCUT2D eigenvalue weighted by molar-refractivity contribution is 0.0387. The molecule has 4 heteroatoms. The molecule has 4 nitrogen and oxygen atoms in total. The van der Waals surface area contributed by atoms with Crippen LogP contribution in [0.4, 0.5) is 0 Å². The van der Waals surface area contributed by atoms with Gasteiger partial charge in [0.1, 0.15) is 0 Å². The first-order chi connectivity index (χ1) is 12.2. The summed E-state index contributed by atoms with van der Waals surface area (Å²) >= 11 is 0. The molecule has 2 unspecified atom stereocenters. The molecule has 2 N–H and O–H groups in total. The lowest BCUT2D eigenvalue weighted by Gasteiger charge is -2.45. The van der Waals surface area contributed by atoms with E-state index in [4.69, 9.17) is 5.73 Å². The minimum absolute atomic E-state index is 0.180. The Hall–Kier alpha value is -0.940. The standard InChI is InChI=1S/C21H34N4/c1-18-13-21(16-22,17-24(18)15-19-5-3-2-4-6-19)25-11-9-23(10-12-25)14-20-7-8-20/h2-6,18,20H,7-17,22H2,1H3. The van der Waals surface area contributed by atoms with Crippen LogP contribution in [0.3, 0.4) is 0 Å². The number of hydrogen-bond acceptors (Lipinski definition) is 4. The maximum Gasteiger partial charge on any atom is 0.0474 e. The normalized spacial score (nSPS) is 32.3.